The molecule has 1 N–H and O–H groups in total. The molecule has 1 nitrogen and oxygen atoms in total. The second kappa shape index (κ2) is 3.84. The third-order valence-electron chi connectivity index (χ3n) is 3.48. The molecule has 0 spiro atoms. The van der Waals surface area contributed by atoms with Crippen molar-refractivity contribution in [2.45, 2.75) is 72.9 Å². The summed E-state index contributed by atoms with van der Waals surface area (Å²) in [5.74, 6) is 0. The second-order valence-corrected chi connectivity index (χ2v) is 6.93. The second-order valence-electron chi connectivity index (χ2n) is 6.93. The minimum Gasteiger partial charge on any atom is -0.310 e. The Labute approximate surface area is 89.7 Å². The van der Waals surface area contributed by atoms with Gasteiger partial charge in [0.2, 0.25) is 0 Å². The van der Waals surface area contributed by atoms with Crippen LogP contribution in [-0.4, -0.2) is 12.1 Å². The summed E-state index contributed by atoms with van der Waals surface area (Å²) in [7, 11) is 0. The van der Waals surface area contributed by atoms with Gasteiger partial charge >= 0.3 is 0 Å². The van der Waals surface area contributed by atoms with Gasteiger partial charge in [-0.25, -0.2) is 0 Å². The fourth-order valence-corrected chi connectivity index (χ4v) is 2.30. The highest BCUT2D eigenvalue weighted by Crippen LogP contribution is 2.33. The first kappa shape index (κ1) is 12.0. The van der Waals surface area contributed by atoms with Gasteiger partial charge in [-0.3, -0.25) is 0 Å². The molecular formula is C13H27N. The molecule has 1 heteroatoms. The van der Waals surface area contributed by atoms with Gasteiger partial charge in [-0.1, -0.05) is 48.0 Å². The van der Waals surface area contributed by atoms with Gasteiger partial charge in [-0.05, 0) is 23.7 Å². The molecule has 1 heterocycles. The van der Waals surface area contributed by atoms with E-state index in [2.05, 4.69) is 46.9 Å². The first-order chi connectivity index (χ1) is 6.21. The predicted molar refractivity (Wildman–Crippen MR) is 63.5 cm³/mol. The van der Waals surface area contributed by atoms with Crippen molar-refractivity contribution in [3.05, 3.63) is 0 Å². The summed E-state index contributed by atoms with van der Waals surface area (Å²) in [4.78, 5) is 0. The monoisotopic (exact) mass is 197 g/mol. The van der Waals surface area contributed by atoms with Gasteiger partial charge in [0.05, 0.1) is 0 Å². The molecule has 84 valence electrons. The Balaban J connectivity index is 2.61. The molecule has 1 rings (SSSR count). The molecule has 1 fully saturated rings. The van der Waals surface area contributed by atoms with Gasteiger partial charge in [0, 0.05) is 12.1 Å². The molecule has 2 atom stereocenters. The topological polar surface area (TPSA) is 12.0 Å². The number of rotatable bonds is 0. The lowest BCUT2D eigenvalue weighted by Gasteiger charge is -2.44. The summed E-state index contributed by atoms with van der Waals surface area (Å²) in [6.07, 6.45) is 4.07. The van der Waals surface area contributed by atoms with Crippen molar-refractivity contribution in [1.29, 1.82) is 0 Å². The fourth-order valence-electron chi connectivity index (χ4n) is 2.30. The molecule has 14 heavy (non-hydrogen) atoms. The van der Waals surface area contributed by atoms with Gasteiger partial charge in [0.15, 0.2) is 0 Å². The van der Waals surface area contributed by atoms with Crippen molar-refractivity contribution >= 4 is 0 Å². The van der Waals surface area contributed by atoms with Crippen LogP contribution in [0.1, 0.15) is 60.8 Å². The van der Waals surface area contributed by atoms with Crippen LogP contribution >= 0.6 is 0 Å². The molecule has 0 aliphatic carbocycles. The van der Waals surface area contributed by atoms with Crippen molar-refractivity contribution in [1.82, 2.24) is 5.32 Å². The molecule has 0 aromatic rings. The third kappa shape index (κ3) is 2.98. The van der Waals surface area contributed by atoms with Gasteiger partial charge in [0.1, 0.15) is 0 Å². The van der Waals surface area contributed by atoms with Crippen LogP contribution in [0, 0.1) is 10.8 Å². The highest BCUT2D eigenvalue weighted by molar-refractivity contribution is 4.92. The van der Waals surface area contributed by atoms with Crippen molar-refractivity contribution in [3.63, 3.8) is 0 Å². The Morgan fingerprint density at radius 1 is 0.786 bits per heavy atom. The zero-order chi connectivity index (χ0) is 11.0. The van der Waals surface area contributed by atoms with E-state index in [-0.39, 0.29) is 0 Å². The van der Waals surface area contributed by atoms with E-state index in [4.69, 9.17) is 0 Å². The molecule has 0 saturated carbocycles. The standard InChI is InChI=1S/C13H27N/c1-12(2,3)10-8-7-9-11(14-10)13(4,5)6/h10-11,14H,7-9H2,1-6H3/t10-,11+. The first-order valence-electron chi connectivity index (χ1n) is 5.97. The van der Waals surface area contributed by atoms with Crippen molar-refractivity contribution in [2.75, 3.05) is 0 Å². The lowest BCUT2D eigenvalue weighted by atomic mass is 9.75. The fraction of sp³-hybridized carbons (Fsp3) is 1.00. The van der Waals surface area contributed by atoms with E-state index < -0.39 is 0 Å². The maximum absolute atomic E-state index is 3.83. The Bertz CT molecular complexity index is 162. The number of piperidine rings is 1. The first-order valence-corrected chi connectivity index (χ1v) is 5.97. The van der Waals surface area contributed by atoms with E-state index in [0.29, 0.717) is 22.9 Å². The highest BCUT2D eigenvalue weighted by atomic mass is 15.0. The minimum atomic E-state index is 0.407. The molecule has 1 saturated heterocycles. The maximum atomic E-state index is 3.83. The Kier molecular flexibility index (Phi) is 3.30. The van der Waals surface area contributed by atoms with Crippen LogP contribution in [0.2, 0.25) is 0 Å². The SMILES string of the molecule is CC(C)(C)[C@@H]1CCC[C@H](C(C)(C)C)N1. The largest absolute Gasteiger partial charge is 0.310 e. The lowest BCUT2D eigenvalue weighted by Crippen LogP contribution is -2.53. The molecule has 0 unspecified atom stereocenters. The number of hydrogen-bond acceptors (Lipinski definition) is 1. The van der Waals surface area contributed by atoms with E-state index >= 15 is 0 Å². The van der Waals surface area contributed by atoms with Crippen LogP contribution in [0.3, 0.4) is 0 Å². The van der Waals surface area contributed by atoms with Gasteiger partial charge < -0.3 is 5.32 Å². The zero-order valence-corrected chi connectivity index (χ0v) is 10.8. The Hall–Kier alpha value is -0.0400. The van der Waals surface area contributed by atoms with Crippen molar-refractivity contribution in [2.24, 2.45) is 10.8 Å². The summed E-state index contributed by atoms with van der Waals surface area (Å²) in [6.45, 7) is 14.1. The van der Waals surface area contributed by atoms with E-state index in [1.807, 2.05) is 0 Å². The Morgan fingerprint density at radius 3 is 1.43 bits per heavy atom. The lowest BCUT2D eigenvalue weighted by molar-refractivity contribution is 0.133. The van der Waals surface area contributed by atoms with Crippen LogP contribution in [-0.2, 0) is 0 Å². The van der Waals surface area contributed by atoms with Crippen LogP contribution in [0.15, 0.2) is 0 Å². The molecule has 0 aromatic carbocycles. The number of hydrogen-bond donors (Lipinski definition) is 1. The van der Waals surface area contributed by atoms with E-state index in [1.165, 1.54) is 19.3 Å². The predicted octanol–water partition coefficient (Wildman–Crippen LogP) is 3.59. The van der Waals surface area contributed by atoms with E-state index in [1.54, 1.807) is 0 Å². The molecule has 1 aliphatic rings. The molecule has 1 aliphatic heterocycles. The summed E-state index contributed by atoms with van der Waals surface area (Å²) in [5, 5.41) is 3.83. The van der Waals surface area contributed by atoms with Crippen molar-refractivity contribution in [3.8, 4) is 0 Å². The molecule has 0 amide bonds. The average Bonchev–Trinajstić information content (AvgIpc) is 2.01. The molecule has 0 bridgehead atoms. The van der Waals surface area contributed by atoms with Crippen LogP contribution in [0.25, 0.3) is 0 Å². The summed E-state index contributed by atoms with van der Waals surface area (Å²) in [5.41, 5.74) is 0.813. The minimum absolute atomic E-state index is 0.407. The normalized spacial score (nSPS) is 30.4. The van der Waals surface area contributed by atoms with Gasteiger partial charge in [-0.15, -0.1) is 0 Å². The van der Waals surface area contributed by atoms with Crippen LogP contribution < -0.4 is 5.32 Å². The smallest absolute Gasteiger partial charge is 0.0118 e. The molecule has 0 aromatic heterocycles. The molecule has 0 radical (unpaired) electrons. The summed E-state index contributed by atoms with van der Waals surface area (Å²) in [6, 6.07) is 1.39. The number of nitrogens with one attached hydrogen (secondary N) is 1. The van der Waals surface area contributed by atoms with E-state index in [9.17, 15) is 0 Å². The zero-order valence-electron chi connectivity index (χ0n) is 10.8. The quantitative estimate of drug-likeness (QED) is 0.626. The average molecular weight is 197 g/mol. The summed E-state index contributed by atoms with van der Waals surface area (Å²) < 4.78 is 0. The third-order valence-corrected chi connectivity index (χ3v) is 3.48. The van der Waals surface area contributed by atoms with Gasteiger partial charge in [0.25, 0.3) is 0 Å². The summed E-state index contributed by atoms with van der Waals surface area (Å²) >= 11 is 0. The highest BCUT2D eigenvalue weighted by Gasteiger charge is 2.34. The van der Waals surface area contributed by atoms with E-state index in [0.717, 1.165) is 0 Å². The van der Waals surface area contributed by atoms with Gasteiger partial charge in [-0.2, -0.15) is 0 Å². The molecular weight excluding hydrogens is 170 g/mol. The van der Waals surface area contributed by atoms with Crippen molar-refractivity contribution < 1.29 is 0 Å². The Morgan fingerprint density at radius 2 is 1.14 bits per heavy atom. The van der Waals surface area contributed by atoms with Crippen LogP contribution in [0.5, 0.6) is 0 Å². The van der Waals surface area contributed by atoms with Crippen LogP contribution in [0.4, 0.5) is 0 Å². The maximum Gasteiger partial charge on any atom is 0.0118 e.